The number of aliphatic imine (C=N–C) groups is 1. The number of nitrogens with zero attached hydrogens (tertiary/aromatic N) is 1. The van der Waals surface area contributed by atoms with E-state index in [1.807, 2.05) is 6.92 Å². The molecule has 0 bridgehead atoms. The Morgan fingerprint density at radius 3 is 2.78 bits per heavy atom. The molecule has 0 aliphatic rings. The van der Waals surface area contributed by atoms with Gasteiger partial charge in [0.2, 0.25) is 0 Å². The fraction of sp³-hybridized carbons (Fsp3) is 0.800. The highest BCUT2D eigenvalue weighted by Gasteiger charge is 1.95. The standard InChI is InChI=1S/C5H11BrN2S/c1-4(2-3-7)8-5(6)9/h4H,2-3,7H2,1H3,(H,8,9). The SMILES string of the molecule is CC(CCN)/N=C(\S)Br. The molecule has 0 aliphatic heterocycles. The van der Waals surface area contributed by atoms with Gasteiger partial charge in [-0.3, -0.25) is 4.99 Å². The van der Waals surface area contributed by atoms with Crippen LogP contribution in [0.4, 0.5) is 0 Å². The summed E-state index contributed by atoms with van der Waals surface area (Å²) in [7, 11) is 0. The highest BCUT2D eigenvalue weighted by atomic mass is 79.9. The summed E-state index contributed by atoms with van der Waals surface area (Å²) in [6.45, 7) is 2.68. The minimum absolute atomic E-state index is 0.280. The van der Waals surface area contributed by atoms with Gasteiger partial charge in [0, 0.05) is 0 Å². The van der Waals surface area contributed by atoms with E-state index in [0.717, 1.165) is 6.42 Å². The lowest BCUT2D eigenvalue weighted by Crippen LogP contribution is -2.08. The molecule has 0 aromatic rings. The molecule has 2 nitrogen and oxygen atoms in total. The van der Waals surface area contributed by atoms with Gasteiger partial charge in [0.1, 0.15) is 3.95 Å². The normalized spacial score (nSPS) is 15.8. The van der Waals surface area contributed by atoms with Crippen LogP contribution in [0.3, 0.4) is 0 Å². The zero-order chi connectivity index (χ0) is 7.28. The van der Waals surface area contributed by atoms with Crippen LogP contribution in [0.25, 0.3) is 0 Å². The Kier molecular flexibility index (Phi) is 5.53. The van der Waals surface area contributed by atoms with Gasteiger partial charge in [-0.05, 0) is 35.8 Å². The van der Waals surface area contributed by atoms with Gasteiger partial charge in [-0.1, -0.05) is 0 Å². The van der Waals surface area contributed by atoms with E-state index in [-0.39, 0.29) is 6.04 Å². The number of halogens is 1. The van der Waals surface area contributed by atoms with Crippen LogP contribution in [0, 0.1) is 0 Å². The van der Waals surface area contributed by atoms with E-state index in [4.69, 9.17) is 5.73 Å². The minimum atomic E-state index is 0.280. The van der Waals surface area contributed by atoms with Crippen LogP contribution in [0.2, 0.25) is 0 Å². The number of hydrogen-bond donors (Lipinski definition) is 2. The van der Waals surface area contributed by atoms with Gasteiger partial charge in [0.25, 0.3) is 0 Å². The second kappa shape index (κ2) is 5.26. The van der Waals surface area contributed by atoms with E-state index in [1.54, 1.807) is 0 Å². The van der Waals surface area contributed by atoms with Crippen LogP contribution in [0.15, 0.2) is 4.99 Å². The van der Waals surface area contributed by atoms with Crippen molar-refractivity contribution in [1.82, 2.24) is 0 Å². The quantitative estimate of drug-likeness (QED) is 0.413. The summed E-state index contributed by atoms with van der Waals surface area (Å²) in [5.41, 5.74) is 5.30. The average Bonchev–Trinajstić information content (AvgIpc) is 1.63. The molecule has 2 N–H and O–H groups in total. The first kappa shape index (κ1) is 9.46. The maximum Gasteiger partial charge on any atom is 0.131 e. The second-order valence-electron chi connectivity index (χ2n) is 1.82. The molecule has 0 aliphatic carbocycles. The largest absolute Gasteiger partial charge is 0.330 e. The average molecular weight is 211 g/mol. The van der Waals surface area contributed by atoms with Crippen LogP contribution in [0.5, 0.6) is 0 Å². The van der Waals surface area contributed by atoms with Crippen molar-refractivity contribution in [2.24, 2.45) is 10.7 Å². The Labute approximate surface area is 69.5 Å². The molecule has 0 spiro atoms. The Balaban J connectivity index is 3.49. The lowest BCUT2D eigenvalue weighted by molar-refractivity contribution is 0.682. The fourth-order valence-electron chi connectivity index (χ4n) is 0.488. The maximum atomic E-state index is 5.30. The van der Waals surface area contributed by atoms with Crippen LogP contribution in [0.1, 0.15) is 13.3 Å². The predicted octanol–water partition coefficient (Wildman–Crippen LogP) is 1.40. The van der Waals surface area contributed by atoms with E-state index in [2.05, 4.69) is 33.6 Å². The van der Waals surface area contributed by atoms with Crippen molar-refractivity contribution in [2.75, 3.05) is 6.54 Å². The molecule has 0 amide bonds. The molecule has 0 rings (SSSR count). The Morgan fingerprint density at radius 2 is 2.44 bits per heavy atom. The first-order valence-electron chi connectivity index (χ1n) is 2.79. The molecule has 0 aromatic carbocycles. The van der Waals surface area contributed by atoms with Gasteiger partial charge in [-0.25, -0.2) is 0 Å². The molecule has 9 heavy (non-hydrogen) atoms. The summed E-state index contributed by atoms with van der Waals surface area (Å²) in [5.74, 6) is 0. The van der Waals surface area contributed by atoms with Gasteiger partial charge in [-0.15, -0.1) is 12.6 Å². The Bertz CT molecular complexity index is 101. The van der Waals surface area contributed by atoms with Crippen LogP contribution < -0.4 is 5.73 Å². The molecule has 4 heteroatoms. The molecule has 1 unspecified atom stereocenters. The van der Waals surface area contributed by atoms with Gasteiger partial charge >= 0.3 is 0 Å². The molecule has 1 atom stereocenters. The summed E-state index contributed by atoms with van der Waals surface area (Å²) < 4.78 is 0.642. The number of nitrogens with two attached hydrogens (primary N) is 1. The molecule has 0 aromatic heterocycles. The van der Waals surface area contributed by atoms with Crippen molar-refractivity contribution in [1.29, 1.82) is 0 Å². The summed E-state index contributed by atoms with van der Waals surface area (Å²) >= 11 is 7.07. The summed E-state index contributed by atoms with van der Waals surface area (Å²) in [4.78, 5) is 4.08. The number of hydrogen-bond acceptors (Lipinski definition) is 2. The van der Waals surface area contributed by atoms with E-state index in [9.17, 15) is 0 Å². The Morgan fingerprint density at radius 1 is 1.89 bits per heavy atom. The molecular formula is C5H11BrN2S. The third kappa shape index (κ3) is 6.34. The summed E-state index contributed by atoms with van der Waals surface area (Å²) in [6.07, 6.45) is 0.912. The molecule has 0 saturated carbocycles. The molecule has 0 heterocycles. The van der Waals surface area contributed by atoms with Crippen molar-refractivity contribution in [3.05, 3.63) is 0 Å². The van der Waals surface area contributed by atoms with Crippen molar-refractivity contribution in [3.8, 4) is 0 Å². The van der Waals surface area contributed by atoms with Crippen molar-refractivity contribution >= 4 is 32.5 Å². The topological polar surface area (TPSA) is 38.4 Å². The highest BCUT2D eigenvalue weighted by Crippen LogP contribution is 2.01. The first-order valence-corrected chi connectivity index (χ1v) is 4.03. The van der Waals surface area contributed by atoms with Crippen molar-refractivity contribution < 1.29 is 0 Å². The second-order valence-corrected chi connectivity index (χ2v) is 3.61. The first-order chi connectivity index (χ1) is 4.16. The van der Waals surface area contributed by atoms with Crippen LogP contribution >= 0.6 is 28.6 Å². The van der Waals surface area contributed by atoms with Crippen LogP contribution in [-0.2, 0) is 0 Å². The maximum absolute atomic E-state index is 5.30. The van der Waals surface area contributed by atoms with Crippen molar-refractivity contribution in [3.63, 3.8) is 0 Å². The fourth-order valence-corrected chi connectivity index (χ4v) is 1.03. The Hall–Kier alpha value is 0.460. The molecule has 54 valence electrons. The zero-order valence-electron chi connectivity index (χ0n) is 5.34. The monoisotopic (exact) mass is 210 g/mol. The third-order valence-corrected chi connectivity index (χ3v) is 1.23. The van der Waals surface area contributed by atoms with Crippen molar-refractivity contribution in [2.45, 2.75) is 19.4 Å². The minimum Gasteiger partial charge on any atom is -0.330 e. The van der Waals surface area contributed by atoms with Crippen LogP contribution in [-0.4, -0.2) is 16.5 Å². The van der Waals surface area contributed by atoms with Gasteiger partial charge < -0.3 is 5.73 Å². The zero-order valence-corrected chi connectivity index (χ0v) is 7.82. The summed E-state index contributed by atoms with van der Waals surface area (Å²) in [5, 5.41) is 0. The molecular weight excluding hydrogens is 200 g/mol. The number of rotatable bonds is 3. The molecule has 0 fully saturated rings. The number of thiol groups is 1. The molecule has 0 saturated heterocycles. The lowest BCUT2D eigenvalue weighted by atomic mass is 10.2. The van der Waals surface area contributed by atoms with E-state index < -0.39 is 0 Å². The van der Waals surface area contributed by atoms with E-state index >= 15 is 0 Å². The van der Waals surface area contributed by atoms with Gasteiger partial charge in [0.05, 0.1) is 6.04 Å². The summed E-state index contributed by atoms with van der Waals surface area (Å²) in [6, 6.07) is 0.280. The molecule has 0 radical (unpaired) electrons. The smallest absolute Gasteiger partial charge is 0.131 e. The van der Waals surface area contributed by atoms with Gasteiger partial charge in [-0.2, -0.15) is 0 Å². The van der Waals surface area contributed by atoms with E-state index in [1.165, 1.54) is 0 Å². The predicted molar refractivity (Wildman–Crippen MR) is 48.5 cm³/mol. The third-order valence-electron chi connectivity index (χ3n) is 0.911. The van der Waals surface area contributed by atoms with Gasteiger partial charge in [0.15, 0.2) is 0 Å². The lowest BCUT2D eigenvalue weighted by Gasteiger charge is -2.01. The van der Waals surface area contributed by atoms with E-state index in [0.29, 0.717) is 10.5 Å². The highest BCUT2D eigenvalue weighted by molar-refractivity contribution is 9.21.